The first kappa shape index (κ1) is 14.6. The zero-order valence-corrected chi connectivity index (χ0v) is 10.7. The maximum absolute atomic E-state index is 13.7. The van der Waals surface area contributed by atoms with Crippen LogP contribution in [0, 0.1) is 11.6 Å². The van der Waals surface area contributed by atoms with Gasteiger partial charge >= 0.3 is 5.97 Å². The van der Waals surface area contributed by atoms with Gasteiger partial charge in [0.25, 0.3) is 0 Å². The lowest BCUT2D eigenvalue weighted by Crippen LogP contribution is -2.22. The summed E-state index contributed by atoms with van der Waals surface area (Å²) < 4.78 is 31.4. The fourth-order valence-electron chi connectivity index (χ4n) is 1.82. The van der Waals surface area contributed by atoms with Crippen LogP contribution in [0.1, 0.15) is 24.4 Å². The second-order valence-corrected chi connectivity index (χ2v) is 4.26. The molecule has 0 amide bonds. The molecule has 0 aliphatic carbocycles. The van der Waals surface area contributed by atoms with Crippen LogP contribution in [0.4, 0.5) is 8.78 Å². The van der Waals surface area contributed by atoms with Gasteiger partial charge in [0.2, 0.25) is 0 Å². The molecule has 1 unspecified atom stereocenters. The molecule has 3 nitrogen and oxygen atoms in total. The van der Waals surface area contributed by atoms with Crippen molar-refractivity contribution in [1.82, 2.24) is 4.90 Å². The Balaban J connectivity index is 2.90. The summed E-state index contributed by atoms with van der Waals surface area (Å²) in [5, 5.41) is 0. The summed E-state index contributed by atoms with van der Waals surface area (Å²) >= 11 is 0. The van der Waals surface area contributed by atoms with Gasteiger partial charge in [0.05, 0.1) is 7.11 Å². The minimum Gasteiger partial charge on any atom is -0.469 e. The summed E-state index contributed by atoms with van der Waals surface area (Å²) in [7, 11) is 4.81. The van der Waals surface area contributed by atoms with Crippen molar-refractivity contribution in [3.05, 3.63) is 35.4 Å². The summed E-state index contributed by atoms with van der Waals surface area (Å²) in [5.41, 5.74) is 0.254. The van der Waals surface area contributed by atoms with Gasteiger partial charge in [-0.2, -0.15) is 0 Å². The molecule has 1 rings (SSSR count). The highest BCUT2D eigenvalue weighted by Gasteiger charge is 2.20. The molecule has 0 heterocycles. The highest BCUT2D eigenvalue weighted by molar-refractivity contribution is 5.69. The molecule has 5 heteroatoms. The van der Waals surface area contributed by atoms with Crippen LogP contribution < -0.4 is 0 Å². The fourth-order valence-corrected chi connectivity index (χ4v) is 1.82. The van der Waals surface area contributed by atoms with Crippen LogP contribution in [0.15, 0.2) is 18.2 Å². The van der Waals surface area contributed by atoms with Crippen molar-refractivity contribution in [3.63, 3.8) is 0 Å². The van der Waals surface area contributed by atoms with E-state index in [9.17, 15) is 13.6 Å². The third kappa shape index (κ3) is 3.77. The molecule has 1 aromatic rings. The molecule has 18 heavy (non-hydrogen) atoms. The number of hydrogen-bond donors (Lipinski definition) is 0. The van der Waals surface area contributed by atoms with Gasteiger partial charge in [0, 0.05) is 18.0 Å². The van der Waals surface area contributed by atoms with Gasteiger partial charge in [-0.05, 0) is 38.7 Å². The molecular formula is C13H17F2NO2. The molecule has 0 aliphatic rings. The molecule has 1 aromatic carbocycles. The molecule has 0 saturated carbocycles. The van der Waals surface area contributed by atoms with Crippen molar-refractivity contribution in [2.45, 2.75) is 18.9 Å². The van der Waals surface area contributed by atoms with E-state index in [-0.39, 0.29) is 24.0 Å². The smallest absolute Gasteiger partial charge is 0.305 e. The van der Waals surface area contributed by atoms with Gasteiger partial charge in [-0.15, -0.1) is 0 Å². The van der Waals surface area contributed by atoms with Crippen LogP contribution >= 0.6 is 0 Å². The Bertz CT molecular complexity index is 421. The zero-order chi connectivity index (χ0) is 13.7. The second kappa shape index (κ2) is 6.44. The molecule has 0 radical (unpaired) electrons. The summed E-state index contributed by atoms with van der Waals surface area (Å²) in [6, 6.07) is 2.97. The van der Waals surface area contributed by atoms with Crippen LogP contribution in [-0.2, 0) is 9.53 Å². The van der Waals surface area contributed by atoms with Gasteiger partial charge in [-0.25, -0.2) is 8.78 Å². The highest BCUT2D eigenvalue weighted by Crippen LogP contribution is 2.26. The monoisotopic (exact) mass is 257 g/mol. The van der Waals surface area contributed by atoms with Crippen molar-refractivity contribution < 1.29 is 18.3 Å². The van der Waals surface area contributed by atoms with E-state index in [1.54, 1.807) is 19.0 Å². The lowest BCUT2D eigenvalue weighted by atomic mass is 10.0. The number of carbonyl (C=O) groups excluding carboxylic acids is 1. The van der Waals surface area contributed by atoms with Crippen LogP contribution in [0.2, 0.25) is 0 Å². The highest BCUT2D eigenvalue weighted by atomic mass is 19.1. The predicted molar refractivity (Wildman–Crippen MR) is 64.0 cm³/mol. The Labute approximate surface area is 105 Å². The molecule has 0 aliphatic heterocycles. The maximum Gasteiger partial charge on any atom is 0.305 e. The molecular weight excluding hydrogens is 240 g/mol. The zero-order valence-electron chi connectivity index (χ0n) is 10.7. The van der Waals surface area contributed by atoms with Crippen molar-refractivity contribution in [2.24, 2.45) is 0 Å². The molecule has 0 saturated heterocycles. The molecule has 0 aromatic heterocycles. The summed E-state index contributed by atoms with van der Waals surface area (Å²) in [4.78, 5) is 12.9. The minimum absolute atomic E-state index is 0.162. The van der Waals surface area contributed by atoms with Crippen LogP contribution in [0.25, 0.3) is 0 Å². The summed E-state index contributed by atoms with van der Waals surface area (Å²) in [6.45, 7) is 0. The minimum atomic E-state index is -0.490. The van der Waals surface area contributed by atoms with Gasteiger partial charge < -0.3 is 9.64 Å². The number of ether oxygens (including phenoxy) is 1. The third-order valence-electron chi connectivity index (χ3n) is 2.79. The van der Waals surface area contributed by atoms with Crippen molar-refractivity contribution in [1.29, 1.82) is 0 Å². The van der Waals surface area contributed by atoms with E-state index in [1.807, 2.05) is 0 Å². The second-order valence-electron chi connectivity index (χ2n) is 4.26. The number of hydrogen-bond acceptors (Lipinski definition) is 3. The Kier molecular flexibility index (Phi) is 5.22. The van der Waals surface area contributed by atoms with Gasteiger partial charge in [-0.3, -0.25) is 4.79 Å². The first-order chi connectivity index (χ1) is 8.45. The number of nitrogens with zero attached hydrogens (tertiary/aromatic N) is 1. The molecule has 0 N–H and O–H groups in total. The van der Waals surface area contributed by atoms with E-state index in [1.165, 1.54) is 7.11 Å². The van der Waals surface area contributed by atoms with Gasteiger partial charge in [0.15, 0.2) is 0 Å². The largest absolute Gasteiger partial charge is 0.469 e. The first-order valence-electron chi connectivity index (χ1n) is 5.64. The number of carbonyl (C=O) groups is 1. The van der Waals surface area contributed by atoms with Gasteiger partial charge in [0.1, 0.15) is 11.6 Å². The number of methoxy groups -OCH3 is 1. The molecule has 0 fully saturated rings. The normalized spacial score (nSPS) is 12.6. The quantitative estimate of drug-likeness (QED) is 0.759. The SMILES string of the molecule is COC(=O)CCC(c1cc(F)ccc1F)N(C)C. The number of benzene rings is 1. The Morgan fingerprint density at radius 1 is 1.39 bits per heavy atom. The average Bonchev–Trinajstić information content (AvgIpc) is 2.32. The number of esters is 1. The maximum atomic E-state index is 13.7. The lowest BCUT2D eigenvalue weighted by Gasteiger charge is -2.24. The lowest BCUT2D eigenvalue weighted by molar-refractivity contribution is -0.141. The molecule has 100 valence electrons. The third-order valence-corrected chi connectivity index (χ3v) is 2.79. The van der Waals surface area contributed by atoms with Gasteiger partial charge in [-0.1, -0.05) is 0 Å². The number of halogens is 2. The van der Waals surface area contributed by atoms with E-state index in [2.05, 4.69) is 4.74 Å². The van der Waals surface area contributed by atoms with Crippen molar-refractivity contribution in [2.75, 3.05) is 21.2 Å². The van der Waals surface area contributed by atoms with E-state index in [0.717, 1.165) is 18.2 Å². The molecule has 1 atom stereocenters. The standard InChI is InChI=1S/C13H17F2NO2/c1-16(2)12(6-7-13(17)18-3)10-8-9(14)4-5-11(10)15/h4-5,8,12H,6-7H2,1-3H3. The van der Waals surface area contributed by atoms with Crippen LogP contribution in [0.5, 0.6) is 0 Å². The fraction of sp³-hybridized carbons (Fsp3) is 0.462. The Morgan fingerprint density at radius 2 is 2.06 bits per heavy atom. The average molecular weight is 257 g/mol. The van der Waals surface area contributed by atoms with Crippen molar-refractivity contribution >= 4 is 5.97 Å². The topological polar surface area (TPSA) is 29.5 Å². The van der Waals surface area contributed by atoms with E-state index < -0.39 is 11.6 Å². The number of rotatable bonds is 5. The Hall–Kier alpha value is -1.49. The molecule has 0 spiro atoms. The molecule has 0 bridgehead atoms. The summed E-state index contributed by atoms with van der Waals surface area (Å²) in [6.07, 6.45) is 0.537. The van der Waals surface area contributed by atoms with E-state index in [0.29, 0.717) is 6.42 Å². The predicted octanol–water partition coefficient (Wildman–Crippen LogP) is 2.52. The van der Waals surface area contributed by atoms with Crippen LogP contribution in [0.3, 0.4) is 0 Å². The van der Waals surface area contributed by atoms with Crippen molar-refractivity contribution in [3.8, 4) is 0 Å². The first-order valence-corrected chi connectivity index (χ1v) is 5.64. The summed E-state index contributed by atoms with van der Waals surface area (Å²) in [5.74, 6) is -1.32. The Morgan fingerprint density at radius 3 is 2.61 bits per heavy atom. The van der Waals surface area contributed by atoms with E-state index >= 15 is 0 Å². The van der Waals surface area contributed by atoms with Crippen LogP contribution in [-0.4, -0.2) is 32.1 Å². The van der Waals surface area contributed by atoms with E-state index in [4.69, 9.17) is 0 Å².